The average molecular weight is 209 g/mol. The van der Waals surface area contributed by atoms with E-state index in [0.29, 0.717) is 12.3 Å². The second-order valence-electron chi connectivity index (χ2n) is 4.55. The molecule has 0 aliphatic heterocycles. The lowest BCUT2D eigenvalue weighted by Crippen LogP contribution is -2.35. The Balaban J connectivity index is 2.21. The van der Waals surface area contributed by atoms with Gasteiger partial charge in [-0.15, -0.1) is 0 Å². The maximum absolute atomic E-state index is 8.60. The van der Waals surface area contributed by atoms with Crippen molar-refractivity contribution in [1.29, 1.82) is 5.26 Å². The molecular weight excluding hydrogens is 186 g/mol. The maximum atomic E-state index is 8.60. The predicted molar refractivity (Wildman–Crippen MR) is 62.5 cm³/mol. The minimum atomic E-state index is 0.671. The van der Waals surface area contributed by atoms with E-state index in [1.54, 1.807) is 0 Å². The van der Waals surface area contributed by atoms with Crippen LogP contribution in [0, 0.1) is 17.2 Å². The van der Waals surface area contributed by atoms with E-state index in [0.717, 1.165) is 32.2 Å². The highest BCUT2D eigenvalue weighted by Crippen LogP contribution is 2.27. The number of nitrogens with zero attached hydrogens (tertiary/aromatic N) is 2. The molecule has 1 saturated carbocycles. The van der Waals surface area contributed by atoms with Gasteiger partial charge < -0.3 is 5.32 Å². The van der Waals surface area contributed by atoms with Crippen LogP contribution in [0.5, 0.6) is 0 Å². The molecule has 0 saturated heterocycles. The van der Waals surface area contributed by atoms with E-state index in [2.05, 4.69) is 30.1 Å². The Morgan fingerprint density at radius 2 is 2.27 bits per heavy atom. The van der Waals surface area contributed by atoms with E-state index < -0.39 is 0 Å². The molecular formula is C12H23N3. The third-order valence-corrected chi connectivity index (χ3v) is 2.86. The van der Waals surface area contributed by atoms with Gasteiger partial charge in [0.25, 0.3) is 0 Å². The summed E-state index contributed by atoms with van der Waals surface area (Å²) in [5.74, 6) is 0.684. The summed E-state index contributed by atoms with van der Waals surface area (Å²) in [4.78, 5) is 2.49. The van der Waals surface area contributed by atoms with Crippen LogP contribution in [-0.2, 0) is 0 Å². The summed E-state index contributed by atoms with van der Waals surface area (Å²) >= 11 is 0. The largest absolute Gasteiger partial charge is 0.317 e. The smallest absolute Gasteiger partial charge is 0.0635 e. The molecule has 0 aromatic heterocycles. The quantitative estimate of drug-likeness (QED) is 0.660. The Morgan fingerprint density at radius 3 is 2.80 bits per heavy atom. The lowest BCUT2D eigenvalue weighted by Gasteiger charge is -2.24. The van der Waals surface area contributed by atoms with Gasteiger partial charge in [0, 0.05) is 25.6 Å². The van der Waals surface area contributed by atoms with E-state index in [1.807, 2.05) is 0 Å². The number of hydrogen-bond donors (Lipinski definition) is 1. The summed E-state index contributed by atoms with van der Waals surface area (Å²) < 4.78 is 0. The summed E-state index contributed by atoms with van der Waals surface area (Å²) in [6.45, 7) is 8.65. The summed E-state index contributed by atoms with van der Waals surface area (Å²) in [5.41, 5.74) is 0. The van der Waals surface area contributed by atoms with Crippen molar-refractivity contribution >= 4 is 0 Å². The number of nitriles is 1. The first-order chi connectivity index (χ1) is 7.27. The van der Waals surface area contributed by atoms with Crippen LogP contribution < -0.4 is 5.32 Å². The highest BCUT2D eigenvalue weighted by atomic mass is 15.2. The zero-order valence-electron chi connectivity index (χ0n) is 10.00. The third kappa shape index (κ3) is 5.15. The lowest BCUT2D eigenvalue weighted by atomic mass is 10.1. The van der Waals surface area contributed by atoms with Gasteiger partial charge in [-0.05, 0) is 31.8 Å². The second kappa shape index (κ2) is 6.81. The number of rotatable bonds is 8. The number of hydrogen-bond acceptors (Lipinski definition) is 3. The normalized spacial score (nSPS) is 17.7. The predicted octanol–water partition coefficient (Wildman–Crippen LogP) is 1.61. The highest BCUT2D eigenvalue weighted by molar-refractivity contribution is 4.87. The highest BCUT2D eigenvalue weighted by Gasteiger charge is 2.29. The first-order valence-electron chi connectivity index (χ1n) is 6.09. The summed E-state index contributed by atoms with van der Waals surface area (Å²) in [5, 5.41) is 12.0. The van der Waals surface area contributed by atoms with Crippen molar-refractivity contribution < 1.29 is 0 Å². The van der Waals surface area contributed by atoms with Crippen molar-refractivity contribution in [2.45, 2.75) is 39.2 Å². The molecule has 86 valence electrons. The first-order valence-corrected chi connectivity index (χ1v) is 6.09. The Kier molecular flexibility index (Phi) is 5.67. The molecule has 0 aromatic rings. The van der Waals surface area contributed by atoms with Crippen LogP contribution >= 0.6 is 0 Å². The molecule has 1 rings (SSSR count). The zero-order chi connectivity index (χ0) is 11.1. The van der Waals surface area contributed by atoms with Gasteiger partial charge in [0.1, 0.15) is 0 Å². The molecule has 0 bridgehead atoms. The second-order valence-corrected chi connectivity index (χ2v) is 4.55. The van der Waals surface area contributed by atoms with Crippen molar-refractivity contribution in [2.75, 3.05) is 26.2 Å². The molecule has 1 atom stereocenters. The molecule has 15 heavy (non-hydrogen) atoms. The average Bonchev–Trinajstić information content (AvgIpc) is 3.04. The van der Waals surface area contributed by atoms with E-state index in [9.17, 15) is 0 Å². The van der Waals surface area contributed by atoms with Gasteiger partial charge in [-0.2, -0.15) is 5.26 Å². The van der Waals surface area contributed by atoms with Crippen LogP contribution in [0.15, 0.2) is 0 Å². The number of nitrogens with one attached hydrogen (secondary N) is 1. The van der Waals surface area contributed by atoms with Crippen molar-refractivity contribution in [3.63, 3.8) is 0 Å². The minimum Gasteiger partial charge on any atom is -0.317 e. The van der Waals surface area contributed by atoms with Gasteiger partial charge in [0.2, 0.25) is 0 Å². The van der Waals surface area contributed by atoms with Gasteiger partial charge in [0.15, 0.2) is 0 Å². The van der Waals surface area contributed by atoms with E-state index in [4.69, 9.17) is 5.26 Å². The van der Waals surface area contributed by atoms with E-state index >= 15 is 0 Å². The van der Waals surface area contributed by atoms with Gasteiger partial charge in [-0.25, -0.2) is 0 Å². The molecule has 1 fully saturated rings. The molecule has 3 nitrogen and oxygen atoms in total. The monoisotopic (exact) mass is 209 g/mol. The summed E-state index contributed by atoms with van der Waals surface area (Å²) in [6, 6.07) is 3.02. The van der Waals surface area contributed by atoms with Crippen LogP contribution in [0.4, 0.5) is 0 Å². The Hall–Kier alpha value is -0.590. The fourth-order valence-electron chi connectivity index (χ4n) is 1.91. The van der Waals surface area contributed by atoms with Gasteiger partial charge in [-0.1, -0.05) is 13.8 Å². The third-order valence-electron chi connectivity index (χ3n) is 2.86. The lowest BCUT2D eigenvalue weighted by molar-refractivity contribution is 0.230. The van der Waals surface area contributed by atoms with Crippen molar-refractivity contribution in [2.24, 2.45) is 5.92 Å². The van der Waals surface area contributed by atoms with Crippen molar-refractivity contribution in [3.05, 3.63) is 0 Å². The van der Waals surface area contributed by atoms with Gasteiger partial charge in [-0.3, -0.25) is 4.90 Å². The van der Waals surface area contributed by atoms with Crippen LogP contribution in [0.2, 0.25) is 0 Å². The Morgan fingerprint density at radius 1 is 1.53 bits per heavy atom. The Bertz CT molecular complexity index is 205. The molecule has 0 aromatic carbocycles. The Labute approximate surface area is 93.5 Å². The minimum absolute atomic E-state index is 0.671. The molecule has 1 N–H and O–H groups in total. The van der Waals surface area contributed by atoms with Crippen molar-refractivity contribution in [1.82, 2.24) is 10.2 Å². The van der Waals surface area contributed by atoms with Crippen LogP contribution in [-0.4, -0.2) is 37.1 Å². The van der Waals surface area contributed by atoms with E-state index in [1.165, 1.54) is 12.8 Å². The topological polar surface area (TPSA) is 39.1 Å². The van der Waals surface area contributed by atoms with Crippen LogP contribution in [0.25, 0.3) is 0 Å². The standard InChI is InChI=1S/C12H23N3/c1-3-14-9-11(2)10-15(8-4-7-13)12-5-6-12/h11-12,14H,3-6,8-10H2,1-2H3. The molecule has 0 amide bonds. The molecule has 0 radical (unpaired) electrons. The summed E-state index contributed by atoms with van der Waals surface area (Å²) in [7, 11) is 0. The fourth-order valence-corrected chi connectivity index (χ4v) is 1.91. The van der Waals surface area contributed by atoms with Crippen LogP contribution in [0.1, 0.15) is 33.1 Å². The molecule has 1 unspecified atom stereocenters. The molecule has 0 spiro atoms. The molecule has 1 aliphatic rings. The van der Waals surface area contributed by atoms with Gasteiger partial charge >= 0.3 is 0 Å². The maximum Gasteiger partial charge on any atom is 0.0635 e. The molecule has 3 heteroatoms. The first kappa shape index (κ1) is 12.5. The summed E-state index contributed by atoms with van der Waals surface area (Å²) in [6.07, 6.45) is 3.34. The van der Waals surface area contributed by atoms with Gasteiger partial charge in [0.05, 0.1) is 6.07 Å². The van der Waals surface area contributed by atoms with E-state index in [-0.39, 0.29) is 0 Å². The molecule has 1 aliphatic carbocycles. The fraction of sp³-hybridized carbons (Fsp3) is 0.917. The SMILES string of the molecule is CCNCC(C)CN(CCC#N)C1CC1. The zero-order valence-corrected chi connectivity index (χ0v) is 10.00. The van der Waals surface area contributed by atoms with Crippen molar-refractivity contribution in [3.8, 4) is 6.07 Å². The van der Waals surface area contributed by atoms with Crippen LogP contribution in [0.3, 0.4) is 0 Å². The molecule has 0 heterocycles.